The van der Waals surface area contributed by atoms with Crippen molar-refractivity contribution < 1.29 is 23.1 Å². The van der Waals surface area contributed by atoms with E-state index in [1.165, 1.54) is 24.3 Å². The third-order valence-corrected chi connectivity index (χ3v) is 5.28. The molecule has 2 aromatic carbocycles. The van der Waals surface area contributed by atoms with Gasteiger partial charge in [-0.1, -0.05) is 32.0 Å². The summed E-state index contributed by atoms with van der Waals surface area (Å²) in [5, 5.41) is 11.6. The summed E-state index contributed by atoms with van der Waals surface area (Å²) in [5.74, 6) is -2.12. The number of rotatable bonds is 7. The van der Waals surface area contributed by atoms with Gasteiger partial charge >= 0.3 is 5.97 Å². The predicted molar refractivity (Wildman–Crippen MR) is 102 cm³/mol. The maximum absolute atomic E-state index is 12.6. The Morgan fingerprint density at radius 1 is 1.04 bits per heavy atom. The van der Waals surface area contributed by atoms with E-state index in [2.05, 4.69) is 10.0 Å². The van der Waals surface area contributed by atoms with E-state index < -0.39 is 27.9 Å². The molecule has 0 saturated heterocycles. The highest BCUT2D eigenvalue weighted by Crippen LogP contribution is 2.18. The summed E-state index contributed by atoms with van der Waals surface area (Å²) in [5.41, 5.74) is 1.38. The minimum absolute atomic E-state index is 0.0639. The van der Waals surface area contributed by atoms with Gasteiger partial charge < -0.3 is 10.4 Å². The van der Waals surface area contributed by atoms with Crippen LogP contribution in [0.3, 0.4) is 0 Å². The van der Waals surface area contributed by atoms with Gasteiger partial charge in [-0.05, 0) is 48.7 Å². The van der Waals surface area contributed by atoms with Gasteiger partial charge in [0.25, 0.3) is 15.9 Å². The Morgan fingerprint density at radius 3 is 2.30 bits per heavy atom. The number of carboxylic acid groups (broad SMARTS) is 1. The van der Waals surface area contributed by atoms with E-state index in [9.17, 15) is 23.1 Å². The Hall–Kier alpha value is -2.87. The molecule has 144 valence electrons. The molecule has 0 aliphatic carbocycles. The zero-order valence-corrected chi connectivity index (χ0v) is 16.1. The van der Waals surface area contributed by atoms with E-state index in [0.717, 1.165) is 5.56 Å². The maximum Gasteiger partial charge on any atom is 0.326 e. The Bertz CT molecular complexity index is 954. The van der Waals surface area contributed by atoms with Gasteiger partial charge in [0.05, 0.1) is 4.90 Å². The van der Waals surface area contributed by atoms with Crippen LogP contribution in [-0.2, 0) is 14.8 Å². The summed E-state index contributed by atoms with van der Waals surface area (Å²) in [6.07, 6.45) is 0. The lowest BCUT2D eigenvalue weighted by molar-refractivity contribution is -0.140. The summed E-state index contributed by atoms with van der Waals surface area (Å²) in [6.45, 7) is 5.19. The van der Waals surface area contributed by atoms with Crippen molar-refractivity contribution >= 4 is 27.6 Å². The Balaban J connectivity index is 2.25. The number of carbonyl (C=O) groups excluding carboxylic acids is 1. The van der Waals surface area contributed by atoms with Gasteiger partial charge in [0.2, 0.25) is 0 Å². The second-order valence-electron chi connectivity index (χ2n) is 6.54. The lowest BCUT2D eigenvalue weighted by Gasteiger charge is -2.18. The van der Waals surface area contributed by atoms with Gasteiger partial charge in [-0.3, -0.25) is 9.52 Å². The Kier molecular flexibility index (Phi) is 6.22. The van der Waals surface area contributed by atoms with Crippen molar-refractivity contribution in [1.29, 1.82) is 0 Å². The first-order valence-corrected chi connectivity index (χ1v) is 9.81. The molecule has 0 fully saturated rings. The quantitative estimate of drug-likeness (QED) is 0.673. The van der Waals surface area contributed by atoms with Gasteiger partial charge in [-0.2, -0.15) is 0 Å². The number of aryl methyl sites for hydroxylation is 1. The monoisotopic (exact) mass is 390 g/mol. The SMILES string of the molecule is Cc1cccc(NS(=O)(=O)c2cccc(C(=O)N[C@H](C(=O)O)C(C)C)c2)c1. The molecule has 0 unspecified atom stereocenters. The molecular formula is C19H22N2O5S. The van der Waals surface area contributed by atoms with E-state index >= 15 is 0 Å². The fourth-order valence-electron chi connectivity index (χ4n) is 2.47. The van der Waals surface area contributed by atoms with E-state index in [1.54, 1.807) is 32.0 Å². The van der Waals surface area contributed by atoms with E-state index in [-0.39, 0.29) is 16.4 Å². The highest BCUT2D eigenvalue weighted by Gasteiger charge is 2.24. The molecule has 0 radical (unpaired) electrons. The number of sulfonamides is 1. The third-order valence-electron chi connectivity index (χ3n) is 3.90. The summed E-state index contributed by atoms with van der Waals surface area (Å²) < 4.78 is 27.6. The number of benzene rings is 2. The molecular weight excluding hydrogens is 368 g/mol. The highest BCUT2D eigenvalue weighted by molar-refractivity contribution is 7.92. The molecule has 0 saturated carbocycles. The van der Waals surface area contributed by atoms with Crippen molar-refractivity contribution in [3.8, 4) is 0 Å². The second-order valence-corrected chi connectivity index (χ2v) is 8.22. The number of nitrogens with one attached hydrogen (secondary N) is 2. The van der Waals surface area contributed by atoms with Crippen LogP contribution >= 0.6 is 0 Å². The number of carbonyl (C=O) groups is 2. The van der Waals surface area contributed by atoms with Crippen LogP contribution in [0.25, 0.3) is 0 Å². The molecule has 0 aliphatic rings. The van der Waals surface area contributed by atoms with Crippen molar-refractivity contribution in [3.05, 3.63) is 59.7 Å². The largest absolute Gasteiger partial charge is 0.480 e. The first-order chi connectivity index (χ1) is 12.6. The molecule has 1 atom stereocenters. The Morgan fingerprint density at radius 2 is 1.70 bits per heavy atom. The molecule has 0 heterocycles. The molecule has 0 aromatic heterocycles. The van der Waals surface area contributed by atoms with Crippen LogP contribution in [0.15, 0.2) is 53.4 Å². The van der Waals surface area contributed by atoms with Crippen LogP contribution in [0.4, 0.5) is 5.69 Å². The van der Waals surface area contributed by atoms with Crippen LogP contribution < -0.4 is 10.0 Å². The van der Waals surface area contributed by atoms with Crippen molar-refractivity contribution in [2.75, 3.05) is 4.72 Å². The lowest BCUT2D eigenvalue weighted by atomic mass is 10.0. The lowest BCUT2D eigenvalue weighted by Crippen LogP contribution is -2.44. The number of carboxylic acids is 1. The van der Waals surface area contributed by atoms with Crippen molar-refractivity contribution in [1.82, 2.24) is 5.32 Å². The summed E-state index contributed by atoms with van der Waals surface area (Å²) in [4.78, 5) is 23.5. The molecule has 27 heavy (non-hydrogen) atoms. The molecule has 2 rings (SSSR count). The van der Waals surface area contributed by atoms with Gasteiger partial charge in [-0.15, -0.1) is 0 Å². The van der Waals surface area contributed by atoms with Crippen LogP contribution in [0.1, 0.15) is 29.8 Å². The third kappa shape index (κ3) is 5.30. The van der Waals surface area contributed by atoms with Crippen molar-refractivity contribution in [2.24, 2.45) is 5.92 Å². The zero-order chi connectivity index (χ0) is 20.2. The van der Waals surface area contributed by atoms with Crippen LogP contribution in [0, 0.1) is 12.8 Å². The van der Waals surface area contributed by atoms with Crippen molar-refractivity contribution in [2.45, 2.75) is 31.7 Å². The molecule has 0 spiro atoms. The second kappa shape index (κ2) is 8.22. The maximum atomic E-state index is 12.6. The fourth-order valence-corrected chi connectivity index (χ4v) is 3.56. The fraction of sp³-hybridized carbons (Fsp3) is 0.263. The number of aliphatic carboxylic acids is 1. The van der Waals surface area contributed by atoms with Gasteiger partial charge in [0.15, 0.2) is 0 Å². The minimum Gasteiger partial charge on any atom is -0.480 e. The average molecular weight is 390 g/mol. The minimum atomic E-state index is -3.89. The number of hydrogen-bond acceptors (Lipinski definition) is 4. The molecule has 8 heteroatoms. The summed E-state index contributed by atoms with van der Waals surface area (Å²) in [6, 6.07) is 11.3. The smallest absolute Gasteiger partial charge is 0.326 e. The topological polar surface area (TPSA) is 113 Å². The molecule has 3 N–H and O–H groups in total. The molecule has 1 amide bonds. The molecule has 0 aliphatic heterocycles. The van der Waals surface area contributed by atoms with E-state index in [0.29, 0.717) is 5.69 Å². The van der Waals surface area contributed by atoms with E-state index in [1.807, 2.05) is 13.0 Å². The normalized spacial score (nSPS) is 12.4. The van der Waals surface area contributed by atoms with E-state index in [4.69, 9.17) is 0 Å². The summed E-state index contributed by atoms with van der Waals surface area (Å²) >= 11 is 0. The molecule has 7 nitrogen and oxygen atoms in total. The van der Waals surface area contributed by atoms with Crippen molar-refractivity contribution in [3.63, 3.8) is 0 Å². The van der Waals surface area contributed by atoms with Crippen LogP contribution in [0.2, 0.25) is 0 Å². The van der Waals surface area contributed by atoms with Crippen LogP contribution in [0.5, 0.6) is 0 Å². The average Bonchev–Trinajstić information content (AvgIpc) is 2.58. The predicted octanol–water partition coefficient (Wildman–Crippen LogP) is 2.63. The first-order valence-electron chi connectivity index (χ1n) is 8.33. The number of hydrogen-bond donors (Lipinski definition) is 3. The molecule has 0 bridgehead atoms. The van der Waals surface area contributed by atoms with Crippen LogP contribution in [-0.4, -0.2) is 31.4 Å². The zero-order valence-electron chi connectivity index (χ0n) is 15.3. The highest BCUT2D eigenvalue weighted by atomic mass is 32.2. The summed E-state index contributed by atoms with van der Waals surface area (Å²) in [7, 11) is -3.89. The standard InChI is InChI=1S/C19H22N2O5S/c1-12(2)17(19(23)24)20-18(22)14-7-5-9-16(11-14)27(25,26)21-15-8-4-6-13(3)10-15/h4-12,17,21H,1-3H3,(H,20,22)(H,23,24)/t17-/m0/s1. The molecule has 2 aromatic rings. The van der Waals surface area contributed by atoms with Gasteiger partial charge in [0, 0.05) is 11.3 Å². The Labute approximate surface area is 158 Å². The number of anilines is 1. The number of amides is 1. The van der Waals surface area contributed by atoms with Gasteiger partial charge in [0.1, 0.15) is 6.04 Å². The van der Waals surface area contributed by atoms with Gasteiger partial charge in [-0.25, -0.2) is 13.2 Å². The first kappa shape index (κ1) is 20.4.